The van der Waals surface area contributed by atoms with Crippen molar-refractivity contribution in [2.75, 3.05) is 71.8 Å². The van der Waals surface area contributed by atoms with Gasteiger partial charge in [0, 0.05) is 58.6 Å². The minimum Gasteiger partial charge on any atom is -0.495 e. The fourth-order valence-electron chi connectivity index (χ4n) is 4.03. The maximum Gasteiger partial charge on any atom is 0.282 e. The van der Waals surface area contributed by atoms with Crippen molar-refractivity contribution in [3.05, 3.63) is 48.2 Å². The Morgan fingerprint density at radius 2 is 1.58 bits per heavy atom. The number of nitrogens with zero attached hydrogens (tertiary/aromatic N) is 5. The Hall–Kier alpha value is -2.73. The monoisotopic (exact) mass is 474 g/mol. The van der Waals surface area contributed by atoms with Crippen LogP contribution >= 0.6 is 0 Å². The molecule has 0 aliphatic carbocycles. The van der Waals surface area contributed by atoms with Gasteiger partial charge in [0.25, 0.3) is 16.1 Å². The average Bonchev–Trinajstić information content (AvgIpc) is 2.84. The van der Waals surface area contributed by atoms with Gasteiger partial charge in [-0.1, -0.05) is 12.1 Å². The van der Waals surface area contributed by atoms with Crippen molar-refractivity contribution in [1.82, 2.24) is 23.4 Å². The summed E-state index contributed by atoms with van der Waals surface area (Å²) in [5.41, 5.74) is 1.13. The van der Waals surface area contributed by atoms with E-state index in [2.05, 4.69) is 15.2 Å². The quantitative estimate of drug-likeness (QED) is 0.669. The maximum absolute atomic E-state index is 13.3. The average molecular weight is 475 g/mol. The zero-order valence-corrected chi connectivity index (χ0v) is 19.8. The normalized spacial score (nSPS) is 18.8. The summed E-state index contributed by atoms with van der Waals surface area (Å²) in [6.07, 6.45) is 1.62. The summed E-state index contributed by atoms with van der Waals surface area (Å²) in [6, 6.07) is 10.9. The van der Waals surface area contributed by atoms with Crippen molar-refractivity contribution in [1.29, 1.82) is 0 Å². The summed E-state index contributed by atoms with van der Waals surface area (Å²) < 4.78 is 34.4. The molecule has 1 aromatic heterocycles. The highest BCUT2D eigenvalue weighted by Crippen LogP contribution is 2.28. The summed E-state index contributed by atoms with van der Waals surface area (Å²) >= 11 is 0. The Labute approximate surface area is 194 Å². The molecule has 4 rings (SSSR count). The SMILES string of the molecule is COc1ccccc1Nc1ncccc1C(=O)N1CCN(S(=O)(=O)N2CCN(C)CC2)CC1. The van der Waals surface area contributed by atoms with E-state index in [0.717, 1.165) is 13.1 Å². The molecule has 0 spiro atoms. The van der Waals surface area contributed by atoms with E-state index in [1.54, 1.807) is 34.6 Å². The number of methoxy groups -OCH3 is 1. The van der Waals surface area contributed by atoms with E-state index < -0.39 is 10.2 Å². The van der Waals surface area contributed by atoms with Crippen LogP contribution in [-0.2, 0) is 10.2 Å². The van der Waals surface area contributed by atoms with Crippen LogP contribution in [0.4, 0.5) is 11.5 Å². The minimum atomic E-state index is -3.52. The molecule has 10 nitrogen and oxygen atoms in total. The molecule has 1 aromatic carbocycles. The molecule has 2 saturated heterocycles. The molecule has 2 aliphatic rings. The van der Waals surface area contributed by atoms with Gasteiger partial charge in [-0.2, -0.15) is 17.0 Å². The Morgan fingerprint density at radius 1 is 0.939 bits per heavy atom. The molecular weight excluding hydrogens is 444 g/mol. The molecule has 0 saturated carbocycles. The second-order valence-electron chi connectivity index (χ2n) is 8.13. The number of aromatic nitrogens is 1. The first-order chi connectivity index (χ1) is 15.9. The van der Waals surface area contributed by atoms with Crippen molar-refractivity contribution in [2.24, 2.45) is 0 Å². The van der Waals surface area contributed by atoms with Gasteiger partial charge in [0.2, 0.25) is 0 Å². The summed E-state index contributed by atoms with van der Waals surface area (Å²) in [7, 11) is 0.0585. The Balaban J connectivity index is 1.43. The van der Waals surface area contributed by atoms with Gasteiger partial charge in [0.05, 0.1) is 18.4 Å². The number of hydrogen-bond acceptors (Lipinski definition) is 7. The van der Waals surface area contributed by atoms with Crippen LogP contribution in [0.25, 0.3) is 0 Å². The van der Waals surface area contributed by atoms with Gasteiger partial charge in [-0.05, 0) is 31.3 Å². The lowest BCUT2D eigenvalue weighted by atomic mass is 10.2. The molecule has 0 bridgehead atoms. The third kappa shape index (κ3) is 5.11. The smallest absolute Gasteiger partial charge is 0.282 e. The van der Waals surface area contributed by atoms with Crippen LogP contribution in [0.2, 0.25) is 0 Å². The summed E-state index contributed by atoms with van der Waals surface area (Å²) in [4.78, 5) is 21.4. The lowest BCUT2D eigenvalue weighted by Gasteiger charge is -2.39. The largest absolute Gasteiger partial charge is 0.495 e. The zero-order chi connectivity index (χ0) is 23.4. The molecule has 0 atom stereocenters. The highest BCUT2D eigenvalue weighted by Gasteiger charge is 2.35. The van der Waals surface area contributed by atoms with Crippen LogP contribution in [0.5, 0.6) is 5.75 Å². The molecule has 2 aliphatic heterocycles. The number of nitrogens with one attached hydrogen (secondary N) is 1. The number of carbonyl (C=O) groups excluding carboxylic acids is 1. The number of piperazine rings is 2. The van der Waals surface area contributed by atoms with E-state index >= 15 is 0 Å². The second-order valence-corrected chi connectivity index (χ2v) is 10.1. The van der Waals surface area contributed by atoms with Crippen LogP contribution in [0.15, 0.2) is 42.6 Å². The highest BCUT2D eigenvalue weighted by atomic mass is 32.2. The van der Waals surface area contributed by atoms with Gasteiger partial charge < -0.3 is 19.9 Å². The van der Waals surface area contributed by atoms with Crippen molar-refractivity contribution in [3.63, 3.8) is 0 Å². The number of rotatable bonds is 6. The van der Waals surface area contributed by atoms with Gasteiger partial charge in [-0.15, -0.1) is 0 Å². The van der Waals surface area contributed by atoms with Gasteiger partial charge >= 0.3 is 0 Å². The molecule has 1 N–H and O–H groups in total. The van der Waals surface area contributed by atoms with E-state index in [0.29, 0.717) is 49.0 Å². The van der Waals surface area contributed by atoms with Crippen LogP contribution in [0, 0.1) is 0 Å². The minimum absolute atomic E-state index is 0.183. The van der Waals surface area contributed by atoms with Crippen molar-refractivity contribution < 1.29 is 17.9 Å². The number of benzene rings is 1. The van der Waals surface area contributed by atoms with Crippen LogP contribution in [0.3, 0.4) is 0 Å². The van der Waals surface area contributed by atoms with Crippen molar-refractivity contribution in [2.45, 2.75) is 0 Å². The van der Waals surface area contributed by atoms with Crippen LogP contribution in [0.1, 0.15) is 10.4 Å². The molecule has 1 amide bonds. The number of carbonyl (C=O) groups is 1. The summed E-state index contributed by atoms with van der Waals surface area (Å²) in [5.74, 6) is 0.890. The Bertz CT molecular complexity index is 1080. The highest BCUT2D eigenvalue weighted by molar-refractivity contribution is 7.86. The maximum atomic E-state index is 13.3. The van der Waals surface area contributed by atoms with E-state index in [1.165, 1.54) is 4.31 Å². The van der Waals surface area contributed by atoms with E-state index in [9.17, 15) is 13.2 Å². The molecule has 33 heavy (non-hydrogen) atoms. The lowest BCUT2D eigenvalue weighted by molar-refractivity contribution is 0.0693. The molecule has 2 aromatic rings. The summed E-state index contributed by atoms with van der Waals surface area (Å²) in [5, 5.41) is 3.19. The molecule has 3 heterocycles. The topological polar surface area (TPSA) is 98.3 Å². The number of likely N-dealkylation sites (N-methyl/N-ethyl adjacent to an activating group) is 1. The number of amides is 1. The second kappa shape index (κ2) is 10.0. The lowest BCUT2D eigenvalue weighted by Crippen LogP contribution is -2.57. The number of para-hydroxylation sites is 2. The van der Waals surface area contributed by atoms with Gasteiger partial charge in [-0.3, -0.25) is 4.79 Å². The first-order valence-electron chi connectivity index (χ1n) is 11.0. The number of hydrogen-bond donors (Lipinski definition) is 1. The van der Waals surface area contributed by atoms with Crippen LogP contribution < -0.4 is 10.1 Å². The Kier molecular flexibility index (Phi) is 7.13. The van der Waals surface area contributed by atoms with Gasteiger partial charge in [-0.25, -0.2) is 4.98 Å². The predicted octanol–water partition coefficient (Wildman–Crippen LogP) is 1.08. The molecule has 178 valence electrons. The van der Waals surface area contributed by atoms with Crippen molar-refractivity contribution in [3.8, 4) is 5.75 Å². The van der Waals surface area contributed by atoms with E-state index in [4.69, 9.17) is 4.74 Å². The fourth-order valence-corrected chi connectivity index (χ4v) is 5.60. The number of anilines is 2. The first kappa shape index (κ1) is 23.4. The predicted molar refractivity (Wildman–Crippen MR) is 126 cm³/mol. The van der Waals surface area contributed by atoms with E-state index in [1.807, 2.05) is 31.3 Å². The molecule has 2 fully saturated rings. The molecular formula is C22H30N6O4S. The molecule has 0 radical (unpaired) electrons. The number of pyridine rings is 1. The molecule has 11 heteroatoms. The Morgan fingerprint density at radius 3 is 2.24 bits per heavy atom. The van der Waals surface area contributed by atoms with E-state index in [-0.39, 0.29) is 19.0 Å². The zero-order valence-electron chi connectivity index (χ0n) is 19.0. The third-order valence-corrected chi connectivity index (χ3v) is 8.07. The van der Waals surface area contributed by atoms with Gasteiger partial charge in [0.15, 0.2) is 0 Å². The first-order valence-corrected chi connectivity index (χ1v) is 12.4. The summed E-state index contributed by atoms with van der Waals surface area (Å²) in [6.45, 7) is 3.63. The fraction of sp³-hybridized carbons (Fsp3) is 0.455. The van der Waals surface area contributed by atoms with Crippen molar-refractivity contribution >= 4 is 27.6 Å². The third-order valence-electron chi connectivity index (χ3n) is 6.04. The molecule has 0 unspecified atom stereocenters. The number of ether oxygens (including phenoxy) is 1. The van der Waals surface area contributed by atoms with Gasteiger partial charge in [0.1, 0.15) is 11.6 Å². The van der Waals surface area contributed by atoms with Crippen LogP contribution in [-0.4, -0.2) is 104 Å². The standard InChI is InChI=1S/C22H30N6O4S/c1-25-10-14-27(15-11-25)33(30,31)28-16-12-26(13-17-28)22(29)18-6-5-9-23-21(18)24-19-7-3-4-8-20(19)32-2/h3-9H,10-17H2,1-2H3,(H,23,24).